The summed E-state index contributed by atoms with van der Waals surface area (Å²) in [4.78, 5) is 0. The molecule has 1 aliphatic carbocycles. The van der Waals surface area contributed by atoms with Gasteiger partial charge in [0.2, 0.25) is 0 Å². The summed E-state index contributed by atoms with van der Waals surface area (Å²) in [5.74, 6) is -0.962. The first-order valence-electron chi connectivity index (χ1n) is 8.11. The van der Waals surface area contributed by atoms with Crippen molar-refractivity contribution in [2.45, 2.75) is 0 Å². The Morgan fingerprint density at radius 2 is 1.42 bits per heavy atom. The zero-order valence-electron chi connectivity index (χ0n) is 13.7. The quantitative estimate of drug-likeness (QED) is 0.511. The van der Waals surface area contributed by atoms with Crippen molar-refractivity contribution in [2.75, 3.05) is 0 Å². The Bertz CT molecular complexity index is 1220. The standard InChI is InChI=1S/C22H16O4/c23-18-10-9-17(15-7-3-1-5-13(15)11-19(18)24)21-16-8-4-2-6-14(16)12-20(25)22(21)26/h1-12,23-26H. The van der Waals surface area contributed by atoms with Crippen molar-refractivity contribution in [1.29, 1.82) is 0 Å². The van der Waals surface area contributed by atoms with Crippen LogP contribution in [-0.2, 0) is 0 Å². The fourth-order valence-electron chi connectivity index (χ4n) is 3.24. The minimum Gasteiger partial charge on any atom is -0.504 e. The van der Waals surface area contributed by atoms with Gasteiger partial charge in [0.1, 0.15) is 0 Å². The van der Waals surface area contributed by atoms with Gasteiger partial charge in [-0.3, -0.25) is 0 Å². The van der Waals surface area contributed by atoms with Crippen LogP contribution in [0.25, 0.3) is 22.4 Å². The van der Waals surface area contributed by atoms with Gasteiger partial charge in [-0.1, -0.05) is 48.5 Å². The third-order valence-corrected chi connectivity index (χ3v) is 4.48. The molecule has 0 atom stereocenters. The lowest BCUT2D eigenvalue weighted by molar-refractivity contribution is 0.358. The van der Waals surface area contributed by atoms with Gasteiger partial charge in [-0.15, -0.1) is 0 Å². The van der Waals surface area contributed by atoms with E-state index in [-0.39, 0.29) is 23.0 Å². The number of benzene rings is 3. The molecule has 0 saturated carbocycles. The van der Waals surface area contributed by atoms with Crippen LogP contribution in [0.15, 0.2) is 78.3 Å². The maximum Gasteiger partial charge on any atom is 0.166 e. The Labute approximate surface area is 149 Å². The molecule has 3 aromatic carbocycles. The zero-order chi connectivity index (χ0) is 18.3. The number of rotatable bonds is 1. The molecule has 4 nitrogen and oxygen atoms in total. The molecule has 0 aliphatic heterocycles. The molecule has 128 valence electrons. The molecule has 0 saturated heterocycles. The molecule has 0 amide bonds. The molecule has 4 N–H and O–H groups in total. The Balaban J connectivity index is 2.23. The molecule has 0 fully saturated rings. The van der Waals surface area contributed by atoms with Gasteiger partial charge in [-0.05, 0) is 51.1 Å². The van der Waals surface area contributed by atoms with E-state index < -0.39 is 0 Å². The summed E-state index contributed by atoms with van der Waals surface area (Å²) in [6.07, 6.45) is 4.46. The predicted octanol–water partition coefficient (Wildman–Crippen LogP) is 3.13. The summed E-state index contributed by atoms with van der Waals surface area (Å²) in [5.41, 5.74) is 1.09. The molecule has 0 unspecified atom stereocenters. The average Bonchev–Trinajstić information content (AvgIpc) is 2.64. The number of hydrogen-bond donors (Lipinski definition) is 4. The molecule has 3 aromatic rings. The van der Waals surface area contributed by atoms with E-state index in [1.807, 2.05) is 42.5 Å². The number of hydrogen-bond acceptors (Lipinski definition) is 4. The topological polar surface area (TPSA) is 80.9 Å². The molecule has 0 heterocycles. The second-order valence-electron chi connectivity index (χ2n) is 6.09. The maximum absolute atomic E-state index is 10.6. The average molecular weight is 344 g/mol. The number of aromatic hydroxyl groups is 2. The summed E-state index contributed by atoms with van der Waals surface area (Å²) in [6, 6.07) is 16.3. The maximum atomic E-state index is 10.6. The van der Waals surface area contributed by atoms with Crippen molar-refractivity contribution in [3.05, 3.63) is 94.3 Å². The summed E-state index contributed by atoms with van der Waals surface area (Å²) >= 11 is 0. The van der Waals surface area contributed by atoms with Crippen molar-refractivity contribution < 1.29 is 20.4 Å². The normalized spacial score (nSPS) is 13.9. The van der Waals surface area contributed by atoms with E-state index in [4.69, 9.17) is 0 Å². The predicted molar refractivity (Wildman–Crippen MR) is 101 cm³/mol. The van der Waals surface area contributed by atoms with E-state index in [0.29, 0.717) is 16.4 Å². The highest BCUT2D eigenvalue weighted by Crippen LogP contribution is 2.39. The van der Waals surface area contributed by atoms with Gasteiger partial charge in [-0.25, -0.2) is 0 Å². The van der Waals surface area contributed by atoms with Gasteiger partial charge in [0.05, 0.1) is 0 Å². The fourth-order valence-corrected chi connectivity index (χ4v) is 3.24. The van der Waals surface area contributed by atoms with E-state index >= 15 is 0 Å². The Morgan fingerprint density at radius 3 is 2.27 bits per heavy atom. The van der Waals surface area contributed by atoms with E-state index in [0.717, 1.165) is 16.0 Å². The van der Waals surface area contributed by atoms with Gasteiger partial charge in [-0.2, -0.15) is 0 Å². The number of phenols is 2. The molecule has 4 rings (SSSR count). The summed E-state index contributed by atoms with van der Waals surface area (Å²) in [6.45, 7) is 0. The lowest BCUT2D eigenvalue weighted by Crippen LogP contribution is -2.27. The lowest BCUT2D eigenvalue weighted by atomic mass is 9.93. The smallest absolute Gasteiger partial charge is 0.166 e. The lowest BCUT2D eigenvalue weighted by Gasteiger charge is -2.13. The van der Waals surface area contributed by atoms with Crippen molar-refractivity contribution in [2.24, 2.45) is 0 Å². The first-order valence-corrected chi connectivity index (χ1v) is 8.11. The minimum atomic E-state index is -0.277. The largest absolute Gasteiger partial charge is 0.504 e. The highest BCUT2D eigenvalue weighted by Gasteiger charge is 2.16. The molecular formula is C22H16O4. The first kappa shape index (κ1) is 15.8. The van der Waals surface area contributed by atoms with Gasteiger partial charge in [0.25, 0.3) is 0 Å². The Hall–Kier alpha value is -3.66. The second-order valence-corrected chi connectivity index (χ2v) is 6.09. The molecule has 0 bridgehead atoms. The zero-order valence-corrected chi connectivity index (χ0v) is 13.7. The Kier molecular flexibility index (Phi) is 3.66. The number of phenolic OH excluding ortho intramolecular Hbond substituents is 2. The third kappa shape index (κ3) is 2.48. The van der Waals surface area contributed by atoms with Gasteiger partial charge >= 0.3 is 0 Å². The monoisotopic (exact) mass is 344 g/mol. The Morgan fingerprint density at radius 1 is 0.692 bits per heavy atom. The summed E-state index contributed by atoms with van der Waals surface area (Å²) < 4.78 is 0. The van der Waals surface area contributed by atoms with Crippen molar-refractivity contribution in [1.82, 2.24) is 0 Å². The molecule has 0 radical (unpaired) electrons. The third-order valence-electron chi connectivity index (χ3n) is 4.48. The van der Waals surface area contributed by atoms with Crippen LogP contribution in [0.1, 0.15) is 5.56 Å². The van der Waals surface area contributed by atoms with Crippen molar-refractivity contribution in [3.8, 4) is 11.5 Å². The van der Waals surface area contributed by atoms with Gasteiger partial charge < -0.3 is 20.4 Å². The van der Waals surface area contributed by atoms with Crippen LogP contribution in [0.5, 0.6) is 11.5 Å². The van der Waals surface area contributed by atoms with E-state index in [2.05, 4.69) is 0 Å². The second kappa shape index (κ2) is 6.01. The van der Waals surface area contributed by atoms with Crippen LogP contribution in [0.3, 0.4) is 0 Å². The van der Waals surface area contributed by atoms with Crippen LogP contribution in [0.4, 0.5) is 0 Å². The van der Waals surface area contributed by atoms with Gasteiger partial charge in [0, 0.05) is 5.56 Å². The molecule has 0 aromatic heterocycles. The van der Waals surface area contributed by atoms with E-state index in [1.54, 1.807) is 12.1 Å². The molecule has 26 heavy (non-hydrogen) atoms. The van der Waals surface area contributed by atoms with Crippen molar-refractivity contribution >= 4 is 22.4 Å². The highest BCUT2D eigenvalue weighted by molar-refractivity contribution is 6.00. The van der Waals surface area contributed by atoms with Gasteiger partial charge in [0.15, 0.2) is 23.0 Å². The van der Waals surface area contributed by atoms with Crippen LogP contribution in [0.2, 0.25) is 0 Å². The number of aliphatic hydroxyl groups is 2. The molecule has 1 aliphatic rings. The molecule has 0 spiro atoms. The summed E-state index contributed by atoms with van der Waals surface area (Å²) in [5, 5.41) is 43.8. The van der Waals surface area contributed by atoms with E-state index in [9.17, 15) is 20.4 Å². The van der Waals surface area contributed by atoms with E-state index in [1.165, 1.54) is 18.2 Å². The van der Waals surface area contributed by atoms with Crippen LogP contribution in [-0.4, -0.2) is 20.4 Å². The fraction of sp³-hybridized carbons (Fsp3) is 0. The highest BCUT2D eigenvalue weighted by atomic mass is 16.3. The summed E-state index contributed by atoms with van der Waals surface area (Å²) in [7, 11) is 0. The number of aliphatic hydroxyl groups excluding tert-OH is 2. The number of allylic oxidation sites excluding steroid dienone is 3. The first-order chi connectivity index (χ1) is 12.6. The van der Waals surface area contributed by atoms with Crippen LogP contribution < -0.4 is 10.4 Å². The number of fused-ring (bicyclic) bond motifs is 2. The SMILES string of the molecule is OC1=C(O)C=c2ccccc2=C(c2c(O)c(O)cc3ccccc23)C=C1. The molecular weight excluding hydrogens is 328 g/mol. The van der Waals surface area contributed by atoms with Crippen molar-refractivity contribution in [3.63, 3.8) is 0 Å². The van der Waals surface area contributed by atoms with Crippen LogP contribution >= 0.6 is 0 Å². The van der Waals surface area contributed by atoms with Crippen LogP contribution in [0, 0.1) is 0 Å². The molecule has 4 heteroatoms. The minimum absolute atomic E-state index is 0.217.